The average molecular weight is 556 g/mol. The smallest absolute Gasteiger partial charge is 0.326 e. The molecule has 0 fully saturated rings. The third-order valence-corrected chi connectivity index (χ3v) is 7.00. The largest absolute Gasteiger partial charge is 0.480 e. The van der Waals surface area contributed by atoms with Crippen LogP contribution in [-0.2, 0) is 20.9 Å². The second kappa shape index (κ2) is 14.9. The molecule has 0 saturated heterocycles. The lowest BCUT2D eigenvalue weighted by molar-refractivity contribution is -0.139. The highest BCUT2D eigenvalue weighted by Crippen LogP contribution is 2.30. The normalized spacial score (nSPS) is 12.6. The van der Waals surface area contributed by atoms with Crippen LogP contribution < -0.4 is 5.32 Å². The number of rotatable bonds is 14. The van der Waals surface area contributed by atoms with Crippen LogP contribution in [0.4, 0.5) is 0 Å². The van der Waals surface area contributed by atoms with Gasteiger partial charge in [0.05, 0.1) is 13.2 Å². The van der Waals surface area contributed by atoms with Gasteiger partial charge >= 0.3 is 5.97 Å². The molecule has 0 saturated carbocycles. The number of amides is 1. The van der Waals surface area contributed by atoms with Gasteiger partial charge in [0.1, 0.15) is 12.1 Å². The Kier molecular flexibility index (Phi) is 11.7. The number of carboxylic acid groups (broad SMARTS) is 1. The molecule has 38 heavy (non-hydrogen) atoms. The van der Waals surface area contributed by atoms with Crippen LogP contribution in [0.5, 0.6) is 0 Å². The average Bonchev–Trinajstić information content (AvgIpc) is 2.91. The fourth-order valence-electron chi connectivity index (χ4n) is 4.08. The molecule has 0 aromatic heterocycles. The highest BCUT2D eigenvalue weighted by atomic mass is 35.5. The molecular weight excluding hydrogens is 522 g/mol. The molecule has 6 nitrogen and oxygen atoms in total. The zero-order chi connectivity index (χ0) is 27.5. The minimum atomic E-state index is -1.05. The number of carbonyl (C=O) groups is 2. The summed E-state index contributed by atoms with van der Waals surface area (Å²) in [5.74, 6) is -0.832. The third-order valence-electron chi connectivity index (χ3n) is 6.12. The third kappa shape index (κ3) is 8.33. The van der Waals surface area contributed by atoms with Crippen molar-refractivity contribution in [2.75, 3.05) is 25.2 Å². The van der Waals surface area contributed by atoms with E-state index in [0.29, 0.717) is 36.0 Å². The zero-order valence-electron chi connectivity index (χ0n) is 21.9. The maximum absolute atomic E-state index is 13.3. The predicted octanol–water partition coefficient (Wildman–Crippen LogP) is 6.55. The minimum absolute atomic E-state index is 0.288. The second-order valence-corrected chi connectivity index (χ2v) is 10.3. The SMILES string of the molecule is CCOC[C@@H](OCc1ccc(C(=O)N[C@@H](CCSC)C(=O)O)c(-c2ccccc2C)c1)c1cccc(Cl)c1. The van der Waals surface area contributed by atoms with Crippen LogP contribution in [-0.4, -0.2) is 48.2 Å². The lowest BCUT2D eigenvalue weighted by atomic mass is 9.93. The summed E-state index contributed by atoms with van der Waals surface area (Å²) >= 11 is 7.74. The van der Waals surface area contributed by atoms with E-state index in [2.05, 4.69) is 5.32 Å². The van der Waals surface area contributed by atoms with Gasteiger partial charge in [0.2, 0.25) is 0 Å². The molecule has 0 aliphatic rings. The second-order valence-electron chi connectivity index (χ2n) is 8.85. The van der Waals surface area contributed by atoms with Crippen molar-refractivity contribution in [1.29, 1.82) is 0 Å². The standard InChI is InChI=1S/C30H34ClNO5S/c1-4-36-19-28(22-9-7-10-23(31)17-22)37-18-21-12-13-25(26(16-21)24-11-6-5-8-20(24)2)29(33)32-27(30(34)35)14-15-38-3/h5-13,16-17,27-28H,4,14-15,18-19H2,1-3H3,(H,32,33)(H,34,35)/t27-,28+/m0/s1. The summed E-state index contributed by atoms with van der Waals surface area (Å²) in [5, 5.41) is 12.9. The summed E-state index contributed by atoms with van der Waals surface area (Å²) in [4.78, 5) is 25.0. The fraction of sp³-hybridized carbons (Fsp3) is 0.333. The maximum atomic E-state index is 13.3. The topological polar surface area (TPSA) is 84.9 Å². The summed E-state index contributed by atoms with van der Waals surface area (Å²) in [7, 11) is 0. The summed E-state index contributed by atoms with van der Waals surface area (Å²) in [6.45, 7) is 5.15. The first-order valence-electron chi connectivity index (χ1n) is 12.5. The molecule has 0 spiro atoms. The highest BCUT2D eigenvalue weighted by Gasteiger charge is 2.23. The first-order chi connectivity index (χ1) is 18.3. The number of hydrogen-bond donors (Lipinski definition) is 2. The number of carboxylic acids is 1. The Labute approximate surface area is 233 Å². The van der Waals surface area contributed by atoms with Gasteiger partial charge in [-0.15, -0.1) is 0 Å². The van der Waals surface area contributed by atoms with E-state index < -0.39 is 17.9 Å². The molecule has 2 N–H and O–H groups in total. The number of thioether (sulfide) groups is 1. The Balaban J connectivity index is 1.90. The van der Waals surface area contributed by atoms with Crippen molar-refractivity contribution in [1.82, 2.24) is 5.32 Å². The van der Waals surface area contributed by atoms with E-state index in [4.69, 9.17) is 21.1 Å². The van der Waals surface area contributed by atoms with Crippen LogP contribution in [0.3, 0.4) is 0 Å². The van der Waals surface area contributed by atoms with Crippen LogP contribution >= 0.6 is 23.4 Å². The van der Waals surface area contributed by atoms with Gasteiger partial charge in [-0.25, -0.2) is 4.79 Å². The molecular formula is C30H34ClNO5S. The Morgan fingerprint density at radius 2 is 1.84 bits per heavy atom. The first kappa shape index (κ1) is 29.7. The molecule has 3 aromatic carbocycles. The van der Waals surface area contributed by atoms with E-state index in [1.165, 1.54) is 0 Å². The van der Waals surface area contributed by atoms with Crippen molar-refractivity contribution in [3.63, 3.8) is 0 Å². The highest BCUT2D eigenvalue weighted by molar-refractivity contribution is 7.98. The maximum Gasteiger partial charge on any atom is 0.326 e. The number of benzene rings is 3. The van der Waals surface area contributed by atoms with Crippen molar-refractivity contribution >= 4 is 35.2 Å². The molecule has 0 bridgehead atoms. The zero-order valence-corrected chi connectivity index (χ0v) is 23.5. The summed E-state index contributed by atoms with van der Waals surface area (Å²) < 4.78 is 11.9. The predicted molar refractivity (Wildman–Crippen MR) is 154 cm³/mol. The van der Waals surface area contributed by atoms with Crippen LogP contribution in [0.2, 0.25) is 5.02 Å². The lowest BCUT2D eigenvalue weighted by Gasteiger charge is -2.20. The molecule has 2 atom stereocenters. The van der Waals surface area contributed by atoms with Gasteiger partial charge in [-0.3, -0.25) is 4.79 Å². The molecule has 0 unspecified atom stereocenters. The van der Waals surface area contributed by atoms with E-state index in [1.54, 1.807) is 17.8 Å². The van der Waals surface area contributed by atoms with Gasteiger partial charge in [-0.05, 0) is 84.4 Å². The van der Waals surface area contributed by atoms with Gasteiger partial charge in [0.15, 0.2) is 0 Å². The number of ether oxygens (including phenoxy) is 2. The number of halogens is 1. The Morgan fingerprint density at radius 1 is 1.05 bits per heavy atom. The van der Waals surface area contributed by atoms with Crippen molar-refractivity contribution in [2.45, 2.75) is 39.0 Å². The van der Waals surface area contributed by atoms with Gasteiger partial charge in [-0.2, -0.15) is 11.8 Å². The van der Waals surface area contributed by atoms with E-state index in [0.717, 1.165) is 27.8 Å². The number of aryl methyl sites for hydroxylation is 1. The van der Waals surface area contributed by atoms with Gasteiger partial charge in [-0.1, -0.05) is 54.1 Å². The van der Waals surface area contributed by atoms with Crippen molar-refractivity contribution < 1.29 is 24.2 Å². The monoisotopic (exact) mass is 555 g/mol. The van der Waals surface area contributed by atoms with E-state index in [-0.39, 0.29) is 12.7 Å². The van der Waals surface area contributed by atoms with Gasteiger partial charge in [0.25, 0.3) is 5.91 Å². The molecule has 3 aromatic rings. The van der Waals surface area contributed by atoms with Crippen LogP contribution in [0, 0.1) is 6.92 Å². The Hall–Kier alpha value is -2.84. The Morgan fingerprint density at radius 3 is 2.53 bits per heavy atom. The van der Waals surface area contributed by atoms with Crippen LogP contribution in [0.15, 0.2) is 66.7 Å². The summed E-state index contributed by atoms with van der Waals surface area (Å²) in [6, 6.07) is 19.9. The molecule has 1 amide bonds. The van der Waals surface area contributed by atoms with Crippen molar-refractivity contribution in [3.05, 3.63) is 94.0 Å². The van der Waals surface area contributed by atoms with Gasteiger partial charge < -0.3 is 19.9 Å². The van der Waals surface area contributed by atoms with Crippen molar-refractivity contribution in [2.24, 2.45) is 0 Å². The van der Waals surface area contributed by atoms with Crippen LogP contribution in [0.1, 0.15) is 46.5 Å². The molecule has 8 heteroatoms. The number of hydrogen-bond acceptors (Lipinski definition) is 5. The first-order valence-corrected chi connectivity index (χ1v) is 14.3. The number of aliphatic carboxylic acids is 1. The Bertz CT molecular complexity index is 1230. The molecule has 3 rings (SSSR count). The molecule has 0 radical (unpaired) electrons. The number of carbonyl (C=O) groups excluding carboxylic acids is 1. The molecule has 0 aliphatic heterocycles. The van der Waals surface area contributed by atoms with E-state index in [9.17, 15) is 14.7 Å². The van der Waals surface area contributed by atoms with Crippen molar-refractivity contribution in [3.8, 4) is 11.1 Å². The van der Waals surface area contributed by atoms with Gasteiger partial charge in [0, 0.05) is 17.2 Å². The van der Waals surface area contributed by atoms with E-state index in [1.807, 2.05) is 80.8 Å². The number of nitrogens with one attached hydrogen (secondary N) is 1. The minimum Gasteiger partial charge on any atom is -0.480 e. The molecule has 202 valence electrons. The molecule has 0 heterocycles. The van der Waals surface area contributed by atoms with E-state index >= 15 is 0 Å². The quantitative estimate of drug-likeness (QED) is 0.235. The van der Waals surface area contributed by atoms with Crippen LogP contribution in [0.25, 0.3) is 11.1 Å². The lowest BCUT2D eigenvalue weighted by Crippen LogP contribution is -2.41. The molecule has 0 aliphatic carbocycles. The summed E-state index contributed by atoms with van der Waals surface area (Å²) in [6.07, 6.45) is 1.94. The fourth-order valence-corrected chi connectivity index (χ4v) is 4.75. The summed E-state index contributed by atoms with van der Waals surface area (Å²) in [5.41, 5.74) is 4.84.